The highest BCUT2D eigenvalue weighted by Crippen LogP contribution is 2.46. The molecule has 8 amide bonds. The zero-order chi connectivity index (χ0) is 95.4. The van der Waals surface area contributed by atoms with E-state index in [0.29, 0.717) is 106 Å². The van der Waals surface area contributed by atoms with Crippen LogP contribution in [0.4, 0.5) is 127 Å². The Morgan fingerprint density at radius 1 is 0.346 bits per heavy atom. The standard InChI is InChI=1S/C25H19F5N4O3.C25H22F2N4O3.C23H20ClN5O2.C23H20F2N6O3/c1-32-11-14-8-17(4-7-20(14)31-32)33-12-15-9-19(26)22(36-13-23(27)28)10-21(15)34(25(33)35)16-2-5-18(6-3-16)37-24(29)30;1-3-33-21-8-4-16-15-30(19-7-11-22-17(12-19)14-29(2)28-22)25(32)31(23(16)13-21)18-5-9-20(10-6-18)34-24(26)27;1-3-31-19-11-22-21(25-12-19)14-28(18-8-9-20-15(10-18)13-27(2)26-20)23(30)29(22)17-6-4-16(24)5-7-17;1-3-33-21-11-20-19(26-27-21)13-30(16-6-9-18-14(10-16)12-29(2)28-18)23(32)31(20)15-4-7-17(8-5-15)34-22(24)25/h2-11,23-24H,12-13H2,1H3;4-14,24H,3,15H2,1-2H3;4-13H,3,14H2,1-2H3;4-12,22H,3,13H2,1-2H3. The lowest BCUT2D eigenvalue weighted by atomic mass is 10.1. The lowest BCUT2D eigenvalue weighted by Crippen LogP contribution is -2.45. The van der Waals surface area contributed by atoms with Gasteiger partial charge in [0.2, 0.25) is 5.88 Å². The molecule has 10 aromatic carbocycles. The fourth-order valence-corrected chi connectivity index (χ4v) is 16.1. The Morgan fingerprint density at radius 2 is 0.691 bits per heavy atom. The van der Waals surface area contributed by atoms with Crippen LogP contribution in [-0.2, 0) is 54.4 Å². The number of hydrogen-bond donors (Lipinski definition) is 0. The van der Waals surface area contributed by atoms with Gasteiger partial charge in [0.05, 0.1) is 125 Å². The number of alkyl halides is 8. The third kappa shape index (κ3) is 19.8. The number of benzene rings is 10. The number of carbonyl (C=O) groups is 4. The van der Waals surface area contributed by atoms with E-state index in [1.54, 1.807) is 111 Å². The highest BCUT2D eigenvalue weighted by Gasteiger charge is 2.40. The molecule has 30 nitrogen and oxygen atoms in total. The normalized spacial score (nSPS) is 13.5. The van der Waals surface area contributed by atoms with Gasteiger partial charge >= 0.3 is 44.0 Å². The van der Waals surface area contributed by atoms with E-state index in [-0.39, 0.29) is 65.7 Å². The summed E-state index contributed by atoms with van der Waals surface area (Å²) in [5.74, 6) is 0.122. The molecular weight excluding hydrogens is 1800 g/mol. The van der Waals surface area contributed by atoms with Crippen LogP contribution in [0.3, 0.4) is 0 Å². The average Bonchev–Trinajstić information content (AvgIpc) is 1.11. The summed E-state index contributed by atoms with van der Waals surface area (Å²) in [6, 6.07) is 56.7. The lowest BCUT2D eigenvalue weighted by molar-refractivity contribution is -0.0505. The predicted molar refractivity (Wildman–Crippen MR) is 493 cm³/mol. The molecule has 16 aromatic rings. The monoisotopic (exact) mass is 1880 g/mol. The van der Waals surface area contributed by atoms with Crippen molar-refractivity contribution in [3.05, 3.63) is 277 Å². The lowest BCUT2D eigenvalue weighted by Gasteiger charge is -2.37. The van der Waals surface area contributed by atoms with Crippen molar-refractivity contribution in [3.63, 3.8) is 0 Å². The highest BCUT2D eigenvalue weighted by molar-refractivity contribution is 6.30. The number of anilines is 12. The number of amides is 8. The molecule has 0 atom stereocenters. The van der Waals surface area contributed by atoms with Crippen molar-refractivity contribution in [3.8, 4) is 40.4 Å². The van der Waals surface area contributed by atoms with Crippen LogP contribution in [0.25, 0.3) is 43.6 Å². The molecule has 0 fully saturated rings. The van der Waals surface area contributed by atoms with Crippen molar-refractivity contribution < 1.29 is 91.8 Å². The van der Waals surface area contributed by atoms with Crippen LogP contribution in [0.15, 0.2) is 243 Å². The number of urea groups is 4. The van der Waals surface area contributed by atoms with Gasteiger partial charge in [0.1, 0.15) is 41.0 Å². The Balaban J connectivity index is 0.000000126. The van der Waals surface area contributed by atoms with Crippen molar-refractivity contribution in [1.29, 1.82) is 0 Å². The zero-order valence-corrected chi connectivity index (χ0v) is 74.1. The van der Waals surface area contributed by atoms with E-state index in [2.05, 4.69) is 49.8 Å². The SMILES string of the molecule is CCOc1cc2c(nn1)CN(c1ccc3nn(C)cc3c1)C(=O)N2c1ccc(OC(F)F)cc1.CCOc1ccc2c(c1)N(c1ccc(OC(F)F)cc1)C(=O)N(c1ccc3nn(C)cc3c1)C2.CCOc1cnc2c(c1)N(c1ccc(Cl)cc1)C(=O)N(c1ccc3nn(C)cc3c1)C2.Cn1cc2cc(N3Cc4cc(F)c(OCC(F)F)cc4N(c4ccc(OC(F)F)cc4)C3=O)ccc2n1. The molecule has 10 heterocycles. The number of halogens is 10. The van der Waals surface area contributed by atoms with Gasteiger partial charge in [0.15, 0.2) is 11.6 Å². The number of aryl methyl sites for hydroxylation is 4. The van der Waals surface area contributed by atoms with Crippen molar-refractivity contribution in [2.75, 3.05) is 65.6 Å². The first-order valence-corrected chi connectivity index (χ1v) is 42.7. The van der Waals surface area contributed by atoms with Gasteiger partial charge in [-0.25, -0.2) is 32.3 Å². The summed E-state index contributed by atoms with van der Waals surface area (Å²) in [6.07, 6.45) is 6.36. The van der Waals surface area contributed by atoms with Crippen LogP contribution in [-0.4, -0.2) is 131 Å². The van der Waals surface area contributed by atoms with E-state index in [9.17, 15) is 58.7 Å². The number of aromatic nitrogens is 11. The van der Waals surface area contributed by atoms with E-state index in [4.69, 9.17) is 30.5 Å². The second-order valence-electron chi connectivity index (χ2n) is 30.9. The molecule has 0 spiro atoms. The van der Waals surface area contributed by atoms with Crippen molar-refractivity contribution in [1.82, 2.24) is 54.3 Å². The summed E-state index contributed by atoms with van der Waals surface area (Å²) in [5.41, 5.74) is 12.6. The molecule has 696 valence electrons. The molecule has 0 saturated heterocycles. The molecule has 0 N–H and O–H groups in total. The van der Waals surface area contributed by atoms with Crippen LogP contribution in [0.2, 0.25) is 5.02 Å². The summed E-state index contributed by atoms with van der Waals surface area (Å²) < 4.78 is 157. The Kier molecular flexibility index (Phi) is 26.4. The molecule has 0 aliphatic carbocycles. The maximum absolute atomic E-state index is 14.8. The topological polar surface area (TPSA) is 269 Å². The van der Waals surface area contributed by atoms with Gasteiger partial charge < -0.3 is 33.2 Å². The first-order valence-electron chi connectivity index (χ1n) is 42.3. The zero-order valence-electron chi connectivity index (χ0n) is 73.3. The molecular formula is C96H81ClF9N19O11. The molecule has 40 heteroatoms. The second kappa shape index (κ2) is 39.2. The molecule has 0 bridgehead atoms. The molecule has 4 aliphatic rings. The minimum Gasteiger partial charge on any atom is -0.494 e. The van der Waals surface area contributed by atoms with Gasteiger partial charge in [-0.1, -0.05) is 17.7 Å². The predicted octanol–water partition coefficient (Wildman–Crippen LogP) is 22.0. The average molecular weight is 1880 g/mol. The first kappa shape index (κ1) is 91.5. The molecule has 0 radical (unpaired) electrons. The molecule has 0 saturated carbocycles. The summed E-state index contributed by atoms with van der Waals surface area (Å²) in [4.78, 5) is 71.9. The Bertz CT molecular complexity index is 6930. The van der Waals surface area contributed by atoms with Crippen LogP contribution in [0.1, 0.15) is 43.3 Å². The van der Waals surface area contributed by atoms with Gasteiger partial charge in [0.25, 0.3) is 6.43 Å². The summed E-state index contributed by atoms with van der Waals surface area (Å²) >= 11 is 6.08. The number of nitrogens with zero attached hydrogens (tertiary/aromatic N) is 19. The minimum absolute atomic E-state index is 0.00910. The molecule has 20 rings (SSSR count). The Morgan fingerprint density at radius 3 is 1.10 bits per heavy atom. The number of rotatable bonds is 23. The van der Waals surface area contributed by atoms with Gasteiger partial charge in [0, 0.05) is 127 Å². The first-order chi connectivity index (χ1) is 65.6. The van der Waals surface area contributed by atoms with Crippen molar-refractivity contribution >= 4 is 148 Å². The van der Waals surface area contributed by atoms with Gasteiger partial charge in [-0.15, -0.1) is 10.2 Å². The van der Waals surface area contributed by atoms with E-state index in [1.807, 2.05) is 152 Å². The smallest absolute Gasteiger partial charge is 0.387 e. The Hall–Kier alpha value is -16.4. The number of fused-ring (bicyclic) bond motifs is 8. The van der Waals surface area contributed by atoms with E-state index in [1.165, 1.54) is 81.4 Å². The number of ether oxygens (including phenoxy) is 7. The quantitative estimate of drug-likeness (QED) is 0.0538. The van der Waals surface area contributed by atoms with E-state index in [0.717, 1.165) is 72.3 Å². The van der Waals surface area contributed by atoms with E-state index >= 15 is 0 Å². The molecule has 4 aliphatic heterocycles. The number of pyridine rings is 1. The molecule has 136 heavy (non-hydrogen) atoms. The molecule has 6 aromatic heterocycles. The minimum atomic E-state index is -3.03. The largest absolute Gasteiger partial charge is 0.494 e. The fraction of sp³-hybridized carbons (Fsp3) is 0.198. The Labute approximate surface area is 774 Å². The maximum atomic E-state index is 14.8. The third-order valence-electron chi connectivity index (χ3n) is 21.8. The van der Waals surface area contributed by atoms with Gasteiger partial charge in [-0.05, 0) is 214 Å². The van der Waals surface area contributed by atoms with Crippen LogP contribution < -0.4 is 72.4 Å². The maximum Gasteiger partial charge on any atom is 0.387 e. The van der Waals surface area contributed by atoms with E-state index < -0.39 is 50.5 Å². The van der Waals surface area contributed by atoms with Crippen LogP contribution in [0, 0.1) is 5.82 Å². The number of hydrogen-bond acceptors (Lipinski definition) is 18. The highest BCUT2D eigenvalue weighted by atomic mass is 35.5. The van der Waals surface area contributed by atoms with Crippen LogP contribution >= 0.6 is 11.6 Å². The van der Waals surface area contributed by atoms with Gasteiger partial charge in [-0.2, -0.15) is 46.7 Å². The van der Waals surface area contributed by atoms with Crippen LogP contribution in [0.5, 0.6) is 40.4 Å². The summed E-state index contributed by atoms with van der Waals surface area (Å²) in [5, 5.41) is 30.1. The second-order valence-corrected chi connectivity index (χ2v) is 31.4. The third-order valence-corrected chi connectivity index (χ3v) is 22.1. The fourth-order valence-electron chi connectivity index (χ4n) is 16.0. The summed E-state index contributed by atoms with van der Waals surface area (Å²) in [6.45, 7) is -1.99. The van der Waals surface area contributed by atoms with Crippen molar-refractivity contribution in [2.24, 2.45) is 28.2 Å². The number of carbonyl (C=O) groups excluding carboxylic acids is 4. The summed E-state index contributed by atoms with van der Waals surface area (Å²) in [7, 11) is 7.32. The van der Waals surface area contributed by atoms with Gasteiger partial charge in [-0.3, -0.25) is 62.9 Å². The van der Waals surface area contributed by atoms with Crippen molar-refractivity contribution in [2.45, 2.75) is 73.2 Å². The molecule has 0 unspecified atom stereocenters.